The third-order valence-electron chi connectivity index (χ3n) is 1.25. The van der Waals surface area contributed by atoms with Crippen LogP contribution in [0, 0.1) is 0 Å². The molecule has 1 rings (SSSR count). The van der Waals surface area contributed by atoms with Crippen molar-refractivity contribution >= 4 is 37.9 Å². The lowest BCUT2D eigenvalue weighted by atomic mass is 10.4. The third-order valence-corrected chi connectivity index (χ3v) is 2.54. The molecular weight excluding hydrogens is 195 g/mol. The van der Waals surface area contributed by atoms with E-state index in [2.05, 4.69) is 36.9 Å². The van der Waals surface area contributed by atoms with Crippen LogP contribution in [0.1, 0.15) is 0 Å². The second-order valence-electron chi connectivity index (χ2n) is 1.94. The highest BCUT2D eigenvalue weighted by atomic mass is 35.5. The molecule has 0 saturated carbocycles. The number of rotatable bonds is 1. The van der Waals surface area contributed by atoms with Gasteiger partial charge in [-0.25, -0.2) is 0 Å². The lowest BCUT2D eigenvalue weighted by Gasteiger charge is -1.89. The van der Waals surface area contributed by atoms with E-state index in [0.717, 1.165) is 0 Å². The van der Waals surface area contributed by atoms with Crippen molar-refractivity contribution in [2.24, 2.45) is 0 Å². The fraction of sp³-hybridized carbons (Fsp3) is 0.250. The normalized spacial score (nSPS) is 9.36. The molecule has 1 aromatic carbocycles. The average molecular weight is 207 g/mol. The molecule has 0 amide bonds. The Bertz CT molecular complexity index is 165. The van der Waals surface area contributed by atoms with Crippen LogP contribution < -0.4 is 5.19 Å². The van der Waals surface area contributed by atoms with Gasteiger partial charge in [-0.1, -0.05) is 42.1 Å². The van der Waals surface area contributed by atoms with Crippen LogP contribution in [0.4, 0.5) is 0 Å². The first-order valence-electron chi connectivity index (χ1n) is 3.51. The highest BCUT2D eigenvalue weighted by molar-refractivity contribution is 6.51. The molecule has 0 unspecified atom stereocenters. The van der Waals surface area contributed by atoms with Gasteiger partial charge in [0.2, 0.25) is 0 Å². The molecule has 1 aromatic rings. The molecule has 0 aliphatic heterocycles. The van der Waals surface area contributed by atoms with Crippen LogP contribution in [0.5, 0.6) is 0 Å². The van der Waals surface area contributed by atoms with Crippen molar-refractivity contribution in [2.75, 3.05) is 5.34 Å². The molecule has 0 radical (unpaired) electrons. The van der Waals surface area contributed by atoms with Crippen molar-refractivity contribution in [1.29, 1.82) is 0 Å². The Labute approximate surface area is 80.3 Å². The monoisotopic (exact) mass is 206 g/mol. The molecule has 0 nitrogen and oxygen atoms in total. The number of halogens is 2. The van der Waals surface area contributed by atoms with Crippen LogP contribution >= 0.6 is 23.2 Å². The molecule has 3 heteroatoms. The Balaban J connectivity index is 0.000000292. The molecule has 0 spiro atoms. The fourth-order valence-electron chi connectivity index (χ4n) is 0.714. The minimum Gasteiger partial charge on any atom is -0.109 e. The summed E-state index contributed by atoms with van der Waals surface area (Å²) in [5, 5.41) is 1.74. The van der Waals surface area contributed by atoms with E-state index in [1.54, 1.807) is 5.19 Å². The molecule has 0 aromatic heterocycles. The highest BCUT2D eigenvalue weighted by Gasteiger charge is 1.80. The van der Waals surface area contributed by atoms with Crippen molar-refractivity contribution in [1.82, 2.24) is 0 Å². The second kappa shape index (κ2) is 8.12. The van der Waals surface area contributed by atoms with Crippen LogP contribution in [-0.4, -0.2) is 14.9 Å². The van der Waals surface area contributed by atoms with Crippen LogP contribution in [0.25, 0.3) is 0 Å². The summed E-state index contributed by atoms with van der Waals surface area (Å²) in [5.41, 5.74) is 0. The Morgan fingerprint density at radius 3 is 1.91 bits per heavy atom. The maximum atomic E-state index is 4.76. The van der Waals surface area contributed by atoms with Gasteiger partial charge < -0.3 is 0 Å². The van der Waals surface area contributed by atoms with E-state index in [4.69, 9.17) is 23.2 Å². The largest absolute Gasteiger partial charge is 0.109 e. The summed E-state index contributed by atoms with van der Waals surface area (Å²) in [6.45, 7) is 2.30. The van der Waals surface area contributed by atoms with E-state index >= 15 is 0 Å². The van der Waals surface area contributed by atoms with Gasteiger partial charge in [0, 0.05) is 0 Å². The maximum absolute atomic E-state index is 4.76. The number of hydrogen-bond donors (Lipinski definition) is 0. The molecule has 0 bridgehead atoms. The minimum absolute atomic E-state index is 0.0913. The summed E-state index contributed by atoms with van der Waals surface area (Å²) >= 11 is 9.53. The Morgan fingerprint density at radius 1 is 1.18 bits per heavy atom. The van der Waals surface area contributed by atoms with Crippen molar-refractivity contribution in [3.63, 3.8) is 0 Å². The van der Waals surface area contributed by atoms with Gasteiger partial charge in [-0.05, 0) is 0 Å². The zero-order chi connectivity index (χ0) is 8.53. The van der Waals surface area contributed by atoms with E-state index in [-0.39, 0.29) is 14.9 Å². The Hall–Kier alpha value is 0.0169. The predicted octanol–water partition coefficient (Wildman–Crippen LogP) is 1.95. The van der Waals surface area contributed by atoms with Gasteiger partial charge in [0.15, 0.2) is 0 Å². The van der Waals surface area contributed by atoms with Crippen LogP contribution in [0.15, 0.2) is 30.3 Å². The molecule has 0 aliphatic carbocycles. The number of hydrogen-bond acceptors (Lipinski definition) is 0. The standard InChI is InChI=1S/C7H10Si.CH2Cl2/c1-8-7-5-3-2-4-6-7;2-1-3/h2-6H,8H2,1H3;1H2. The van der Waals surface area contributed by atoms with Crippen molar-refractivity contribution in [3.05, 3.63) is 30.3 Å². The first kappa shape index (κ1) is 11.0. The van der Waals surface area contributed by atoms with Gasteiger partial charge in [-0.15, -0.1) is 23.2 Å². The minimum atomic E-state index is 0.0913. The number of alkyl halides is 2. The SMILES string of the molecule is C[SiH2]c1ccccc1.ClCCl. The van der Waals surface area contributed by atoms with E-state index in [0.29, 0.717) is 0 Å². The summed E-state index contributed by atoms with van der Waals surface area (Å²) in [5.74, 6) is 0. The molecule has 0 saturated heterocycles. The smallest absolute Gasteiger partial charge is 0.0967 e. The van der Waals surface area contributed by atoms with Gasteiger partial charge in [0.25, 0.3) is 0 Å². The van der Waals surface area contributed by atoms with Gasteiger partial charge in [0.1, 0.15) is 0 Å². The van der Waals surface area contributed by atoms with Gasteiger partial charge >= 0.3 is 0 Å². The first-order valence-corrected chi connectivity index (χ1v) is 6.70. The van der Waals surface area contributed by atoms with E-state index in [1.807, 2.05) is 0 Å². The number of benzene rings is 1. The molecule has 0 fully saturated rings. The molecule has 0 atom stereocenters. The van der Waals surface area contributed by atoms with Crippen molar-refractivity contribution in [3.8, 4) is 0 Å². The van der Waals surface area contributed by atoms with Crippen molar-refractivity contribution < 1.29 is 0 Å². The topological polar surface area (TPSA) is 0 Å². The first-order chi connectivity index (χ1) is 5.35. The molecule has 62 valence electrons. The summed E-state index contributed by atoms with van der Waals surface area (Å²) in [7, 11) is 0.0913. The second-order valence-corrected chi connectivity index (χ2v) is 4.27. The zero-order valence-electron chi connectivity index (χ0n) is 6.56. The highest BCUT2D eigenvalue weighted by Crippen LogP contribution is 1.79. The maximum Gasteiger partial charge on any atom is 0.0967 e. The predicted molar refractivity (Wildman–Crippen MR) is 57.1 cm³/mol. The molecule has 0 heterocycles. The van der Waals surface area contributed by atoms with Gasteiger partial charge in [-0.2, -0.15) is 0 Å². The third kappa shape index (κ3) is 6.42. The summed E-state index contributed by atoms with van der Waals surface area (Å²) in [6.07, 6.45) is 0. The Kier molecular flexibility index (Phi) is 8.13. The quantitative estimate of drug-likeness (QED) is 0.487. The molecule has 0 aliphatic rings. The zero-order valence-corrected chi connectivity index (χ0v) is 9.48. The lowest BCUT2D eigenvalue weighted by Crippen LogP contribution is -2.07. The van der Waals surface area contributed by atoms with Crippen LogP contribution in [0.3, 0.4) is 0 Å². The van der Waals surface area contributed by atoms with Gasteiger partial charge in [0.05, 0.1) is 14.9 Å². The van der Waals surface area contributed by atoms with Crippen molar-refractivity contribution in [2.45, 2.75) is 6.55 Å². The van der Waals surface area contributed by atoms with Crippen LogP contribution in [0.2, 0.25) is 6.55 Å². The summed E-state index contributed by atoms with van der Waals surface area (Å²) in [4.78, 5) is 0. The van der Waals surface area contributed by atoms with E-state index < -0.39 is 0 Å². The summed E-state index contributed by atoms with van der Waals surface area (Å²) < 4.78 is 0. The molecular formula is C8H12Cl2Si. The fourth-order valence-corrected chi connectivity index (χ4v) is 1.46. The van der Waals surface area contributed by atoms with Gasteiger partial charge in [-0.3, -0.25) is 0 Å². The van der Waals surface area contributed by atoms with E-state index in [9.17, 15) is 0 Å². The molecule has 0 N–H and O–H groups in total. The lowest BCUT2D eigenvalue weighted by molar-refractivity contribution is 1.77. The molecule has 11 heavy (non-hydrogen) atoms. The van der Waals surface area contributed by atoms with E-state index in [1.165, 1.54) is 0 Å². The van der Waals surface area contributed by atoms with Crippen LogP contribution in [-0.2, 0) is 0 Å². The average Bonchev–Trinajstić information content (AvgIpc) is 2.08. The summed E-state index contributed by atoms with van der Waals surface area (Å²) in [6, 6.07) is 10.7. The Morgan fingerprint density at radius 2 is 1.64 bits per heavy atom.